The van der Waals surface area contributed by atoms with Crippen molar-refractivity contribution < 1.29 is 66.8 Å². The summed E-state index contributed by atoms with van der Waals surface area (Å²) >= 11 is 0. The lowest BCUT2D eigenvalue weighted by Gasteiger charge is -2.14. The van der Waals surface area contributed by atoms with Crippen LogP contribution in [0.5, 0.6) is 23.0 Å². The normalized spacial score (nSPS) is 13.1. The molecular weight excluding hydrogens is 512 g/mol. The van der Waals surface area contributed by atoms with Gasteiger partial charge in [-0.25, -0.2) is 0 Å². The van der Waals surface area contributed by atoms with Gasteiger partial charge in [0.05, 0.1) is 4.90 Å². The topological polar surface area (TPSA) is 267 Å². The molecule has 0 aliphatic rings. The number of hydrogen-bond acceptors (Lipinski definition) is 12. The minimum absolute atomic E-state index is 0.0366. The van der Waals surface area contributed by atoms with E-state index in [1.165, 1.54) is 0 Å². The molecule has 0 bridgehead atoms. The fourth-order valence-electron chi connectivity index (χ4n) is 2.11. The van der Waals surface area contributed by atoms with Crippen molar-refractivity contribution in [3.8, 4) is 23.0 Å². The maximum atomic E-state index is 12.5. The highest BCUT2D eigenvalue weighted by Crippen LogP contribution is 2.41. The van der Waals surface area contributed by atoms with Crippen molar-refractivity contribution in [1.29, 1.82) is 0 Å². The molecule has 19 heteroatoms. The molecular formula is C12H10O15S4. The summed E-state index contributed by atoms with van der Waals surface area (Å²) in [6.07, 6.45) is 0. The summed E-state index contributed by atoms with van der Waals surface area (Å²) < 4.78 is 125. The van der Waals surface area contributed by atoms with Crippen molar-refractivity contribution in [1.82, 2.24) is 0 Å². The van der Waals surface area contributed by atoms with Gasteiger partial charge >= 0.3 is 10.1 Å². The molecule has 0 spiro atoms. The predicted molar refractivity (Wildman–Crippen MR) is 95.1 cm³/mol. The number of phenols is 3. The second-order valence-corrected chi connectivity index (χ2v) is 11.2. The number of benzene rings is 2. The van der Waals surface area contributed by atoms with Gasteiger partial charge in [-0.3, -0.25) is 13.7 Å². The highest BCUT2D eigenvalue weighted by molar-refractivity contribution is 7.90. The molecule has 2 aromatic carbocycles. The van der Waals surface area contributed by atoms with Crippen LogP contribution in [0, 0.1) is 0 Å². The van der Waals surface area contributed by atoms with Crippen LogP contribution in [0.1, 0.15) is 0 Å². The molecule has 0 saturated heterocycles. The Labute approximate surface area is 174 Å². The standard InChI is InChI=1S/C12H10O15S4/c13-6-1-2-8(29(19,20)21)12(10(6)14)31(25,26)27-7-3-5(28(16,17)18)4-9(11(7)15)30(22,23)24/h1-4,13-15H,(H,16,17,18)(H,19,20,21)(H,22,23,24). The number of aromatic hydroxyl groups is 3. The first-order chi connectivity index (χ1) is 13.8. The Kier molecular flexibility index (Phi) is 5.93. The third kappa shape index (κ3) is 4.98. The zero-order valence-corrected chi connectivity index (χ0v) is 17.6. The Morgan fingerprint density at radius 1 is 0.645 bits per heavy atom. The summed E-state index contributed by atoms with van der Waals surface area (Å²) in [5.74, 6) is -6.15. The van der Waals surface area contributed by atoms with E-state index in [1.807, 2.05) is 0 Å². The lowest BCUT2D eigenvalue weighted by Crippen LogP contribution is -2.16. The van der Waals surface area contributed by atoms with Crippen molar-refractivity contribution in [3.63, 3.8) is 0 Å². The first-order valence-corrected chi connectivity index (χ1v) is 12.8. The molecule has 0 unspecified atom stereocenters. The van der Waals surface area contributed by atoms with Crippen molar-refractivity contribution >= 4 is 40.5 Å². The van der Waals surface area contributed by atoms with Gasteiger partial charge in [-0.1, -0.05) is 0 Å². The number of hydrogen-bond donors (Lipinski definition) is 6. The summed E-state index contributed by atoms with van der Waals surface area (Å²) in [6.45, 7) is 0. The van der Waals surface area contributed by atoms with Gasteiger partial charge in [-0.2, -0.15) is 33.7 Å². The van der Waals surface area contributed by atoms with Crippen LogP contribution in [-0.2, 0) is 40.5 Å². The Bertz CT molecular complexity index is 1500. The molecule has 0 radical (unpaired) electrons. The van der Waals surface area contributed by atoms with Gasteiger partial charge in [0.2, 0.25) is 0 Å². The molecule has 0 saturated carbocycles. The predicted octanol–water partition coefficient (Wildman–Crippen LogP) is -0.689. The van der Waals surface area contributed by atoms with Crippen molar-refractivity contribution in [3.05, 3.63) is 24.3 Å². The molecule has 0 atom stereocenters. The smallest absolute Gasteiger partial charge is 0.344 e. The SMILES string of the molecule is O=S(=O)(O)c1cc(OS(=O)(=O)c2c(S(=O)(=O)O)ccc(O)c2O)c(O)c(S(=O)(=O)O)c1. The minimum atomic E-state index is -5.69. The second kappa shape index (κ2) is 7.47. The Balaban J connectivity index is 2.88. The van der Waals surface area contributed by atoms with Crippen LogP contribution in [0.4, 0.5) is 0 Å². The van der Waals surface area contributed by atoms with Gasteiger partial charge in [-0.05, 0) is 18.2 Å². The maximum absolute atomic E-state index is 12.5. The van der Waals surface area contributed by atoms with Crippen LogP contribution in [0.2, 0.25) is 0 Å². The van der Waals surface area contributed by atoms with Gasteiger partial charge in [-0.15, -0.1) is 0 Å². The summed E-state index contributed by atoms with van der Waals surface area (Å²) in [6, 6.07) is 0.918. The zero-order valence-electron chi connectivity index (χ0n) is 14.3. The van der Waals surface area contributed by atoms with Gasteiger partial charge < -0.3 is 19.5 Å². The van der Waals surface area contributed by atoms with Gasteiger partial charge in [0, 0.05) is 6.07 Å². The molecule has 15 nitrogen and oxygen atoms in total. The largest absolute Gasteiger partial charge is 0.504 e. The summed E-state index contributed by atoms with van der Waals surface area (Å²) in [7, 11) is -21.8. The maximum Gasteiger partial charge on any atom is 0.344 e. The van der Waals surface area contributed by atoms with Crippen LogP contribution < -0.4 is 4.18 Å². The molecule has 2 rings (SSSR count). The summed E-state index contributed by atoms with van der Waals surface area (Å²) in [5, 5.41) is 29.1. The Hall–Kier alpha value is -2.68. The summed E-state index contributed by atoms with van der Waals surface area (Å²) in [5.41, 5.74) is 0. The fraction of sp³-hybridized carbons (Fsp3) is 0. The molecule has 0 fully saturated rings. The molecule has 172 valence electrons. The van der Waals surface area contributed by atoms with E-state index in [0.29, 0.717) is 12.1 Å². The van der Waals surface area contributed by atoms with Crippen LogP contribution >= 0.6 is 0 Å². The van der Waals surface area contributed by atoms with Gasteiger partial charge in [0.15, 0.2) is 27.9 Å². The van der Waals surface area contributed by atoms with E-state index in [0.717, 1.165) is 0 Å². The third-order valence-corrected chi connectivity index (χ3v) is 7.43. The first kappa shape index (κ1) is 24.6. The lowest BCUT2D eigenvalue weighted by atomic mass is 10.3. The van der Waals surface area contributed by atoms with Crippen molar-refractivity contribution in [2.75, 3.05) is 0 Å². The summed E-state index contributed by atoms with van der Waals surface area (Å²) in [4.78, 5) is -6.33. The molecule has 2 aromatic rings. The van der Waals surface area contributed by atoms with E-state index in [9.17, 15) is 49.0 Å². The zero-order chi connectivity index (χ0) is 24.2. The average molecular weight is 522 g/mol. The van der Waals surface area contributed by atoms with Crippen molar-refractivity contribution in [2.45, 2.75) is 19.6 Å². The lowest BCUT2D eigenvalue weighted by molar-refractivity contribution is 0.380. The number of rotatable bonds is 6. The molecule has 0 aliphatic carbocycles. The molecule has 0 heterocycles. The average Bonchev–Trinajstić information content (AvgIpc) is 2.55. The second-order valence-electron chi connectivity index (χ2n) is 5.49. The molecule has 6 N–H and O–H groups in total. The first-order valence-electron chi connectivity index (χ1n) is 7.05. The van der Waals surface area contributed by atoms with E-state index in [1.54, 1.807) is 0 Å². The van der Waals surface area contributed by atoms with Crippen LogP contribution in [0.25, 0.3) is 0 Å². The van der Waals surface area contributed by atoms with E-state index in [4.69, 9.17) is 13.7 Å². The van der Waals surface area contributed by atoms with Crippen molar-refractivity contribution in [2.24, 2.45) is 0 Å². The Morgan fingerprint density at radius 3 is 1.61 bits per heavy atom. The number of phenolic OH excluding ortho intramolecular Hbond substituents is 3. The molecule has 31 heavy (non-hydrogen) atoms. The van der Waals surface area contributed by atoms with E-state index >= 15 is 0 Å². The Morgan fingerprint density at radius 2 is 1.16 bits per heavy atom. The highest BCUT2D eigenvalue weighted by atomic mass is 32.2. The van der Waals surface area contributed by atoms with Gasteiger partial charge in [0.25, 0.3) is 30.4 Å². The molecule has 0 amide bonds. The monoisotopic (exact) mass is 522 g/mol. The fourth-order valence-corrected chi connectivity index (χ4v) is 5.63. The highest BCUT2D eigenvalue weighted by Gasteiger charge is 2.35. The van der Waals surface area contributed by atoms with Gasteiger partial charge in [0.1, 0.15) is 9.79 Å². The third-order valence-electron chi connectivity index (χ3n) is 3.39. The molecule has 0 aromatic heterocycles. The van der Waals surface area contributed by atoms with E-state index in [-0.39, 0.29) is 12.1 Å². The van der Waals surface area contributed by atoms with Crippen LogP contribution in [0.15, 0.2) is 43.8 Å². The van der Waals surface area contributed by atoms with E-state index in [2.05, 4.69) is 4.18 Å². The molecule has 0 aliphatic heterocycles. The minimum Gasteiger partial charge on any atom is -0.504 e. The van der Waals surface area contributed by atoms with Crippen LogP contribution in [-0.4, -0.2) is 62.6 Å². The van der Waals surface area contributed by atoms with E-state index < -0.39 is 83.1 Å². The van der Waals surface area contributed by atoms with Crippen LogP contribution in [0.3, 0.4) is 0 Å². The quantitative estimate of drug-likeness (QED) is 0.156.